The smallest absolute Gasteiger partial charge is 0.335 e. The summed E-state index contributed by atoms with van der Waals surface area (Å²) in [4.78, 5) is 22.6. The lowest BCUT2D eigenvalue weighted by Gasteiger charge is -1.98. The third kappa shape index (κ3) is 3.12. The second kappa shape index (κ2) is 6.29. The molecule has 0 aliphatic carbocycles. The fourth-order valence-corrected chi connectivity index (χ4v) is 2.05. The van der Waals surface area contributed by atoms with Crippen LogP contribution in [-0.4, -0.2) is 21.3 Å². The average molecular weight is 326 g/mol. The lowest BCUT2D eigenvalue weighted by Crippen LogP contribution is -1.96. The molecule has 0 amide bonds. The number of nitrogens with one attached hydrogen (secondary N) is 2. The van der Waals surface area contributed by atoms with E-state index in [9.17, 15) is 14.0 Å². The minimum atomic E-state index is -1.04. The van der Waals surface area contributed by atoms with Crippen LogP contribution in [-0.2, 0) is 0 Å². The third-order valence-corrected chi connectivity index (χ3v) is 3.27. The zero-order chi connectivity index (χ0) is 17.1. The quantitative estimate of drug-likeness (QED) is 0.637. The zero-order valence-electron chi connectivity index (χ0n) is 12.2. The predicted octanol–water partition coefficient (Wildman–Crippen LogP) is 3.62. The van der Waals surface area contributed by atoms with E-state index in [2.05, 4.69) is 20.4 Å². The molecule has 0 atom stereocenters. The molecule has 0 radical (unpaired) electrons. The monoisotopic (exact) mass is 326 g/mol. The van der Waals surface area contributed by atoms with Crippen LogP contribution >= 0.6 is 0 Å². The molecule has 0 bridgehead atoms. The molecule has 120 valence electrons. The molecule has 3 aromatic rings. The summed E-state index contributed by atoms with van der Waals surface area (Å²) in [5, 5.41) is 21.8. The minimum Gasteiger partial charge on any atom is -0.478 e. The number of carboxylic acid groups (broad SMARTS) is 1. The highest BCUT2D eigenvalue weighted by atomic mass is 19.1. The van der Waals surface area contributed by atoms with Gasteiger partial charge in [0.15, 0.2) is 5.69 Å². The van der Waals surface area contributed by atoms with E-state index >= 15 is 0 Å². The van der Waals surface area contributed by atoms with Gasteiger partial charge in [0.2, 0.25) is 0 Å². The maximum absolute atomic E-state index is 13.0. The maximum atomic E-state index is 13.0. The number of aromatic nitrogens is 2. The van der Waals surface area contributed by atoms with Crippen LogP contribution in [0.15, 0.2) is 63.6 Å². The van der Waals surface area contributed by atoms with Crippen molar-refractivity contribution >= 4 is 17.3 Å². The van der Waals surface area contributed by atoms with Crippen LogP contribution < -0.4 is 5.56 Å². The van der Waals surface area contributed by atoms with Crippen LogP contribution in [0.1, 0.15) is 10.4 Å². The van der Waals surface area contributed by atoms with Gasteiger partial charge in [-0.3, -0.25) is 15.0 Å². The second-order valence-electron chi connectivity index (χ2n) is 4.86. The first-order valence-electron chi connectivity index (χ1n) is 6.86. The van der Waals surface area contributed by atoms with E-state index in [1.807, 2.05) is 0 Å². The first-order chi connectivity index (χ1) is 11.5. The highest BCUT2D eigenvalue weighted by Crippen LogP contribution is 2.26. The Kier molecular flexibility index (Phi) is 4.02. The third-order valence-electron chi connectivity index (χ3n) is 3.27. The number of rotatable bonds is 4. The summed E-state index contributed by atoms with van der Waals surface area (Å²) >= 11 is 0. The van der Waals surface area contributed by atoms with E-state index in [-0.39, 0.29) is 11.3 Å². The Morgan fingerprint density at radius 1 is 0.958 bits per heavy atom. The average Bonchev–Trinajstić information content (AvgIpc) is 2.95. The number of aromatic carboxylic acids is 1. The van der Waals surface area contributed by atoms with Gasteiger partial charge in [-0.15, -0.1) is 5.11 Å². The fraction of sp³-hybridized carbons (Fsp3) is 0. The molecular formula is C16H11FN4O3. The Morgan fingerprint density at radius 3 is 2.25 bits per heavy atom. The molecule has 8 heteroatoms. The van der Waals surface area contributed by atoms with Crippen molar-refractivity contribution in [1.82, 2.24) is 10.2 Å². The SMILES string of the molecule is O=C(O)c1ccc(N=Nc2c(-c3ccc(F)cc3)[nH][nH]c2=O)cc1. The van der Waals surface area contributed by atoms with Crippen molar-refractivity contribution in [2.75, 3.05) is 0 Å². The summed E-state index contributed by atoms with van der Waals surface area (Å²) in [7, 11) is 0. The van der Waals surface area contributed by atoms with Crippen LogP contribution in [0.4, 0.5) is 15.8 Å². The molecule has 1 aromatic heterocycles. The van der Waals surface area contributed by atoms with Crippen molar-refractivity contribution in [1.29, 1.82) is 0 Å². The van der Waals surface area contributed by atoms with Gasteiger partial charge in [-0.1, -0.05) is 0 Å². The Morgan fingerprint density at radius 2 is 1.62 bits per heavy atom. The van der Waals surface area contributed by atoms with Crippen molar-refractivity contribution in [3.63, 3.8) is 0 Å². The predicted molar refractivity (Wildman–Crippen MR) is 84.4 cm³/mol. The van der Waals surface area contributed by atoms with Gasteiger partial charge in [0, 0.05) is 5.56 Å². The Hall–Kier alpha value is -3.55. The molecule has 0 saturated carbocycles. The molecule has 0 unspecified atom stereocenters. The number of benzene rings is 2. The van der Waals surface area contributed by atoms with Crippen molar-refractivity contribution in [3.05, 3.63) is 70.3 Å². The molecule has 3 rings (SSSR count). The number of carbonyl (C=O) groups is 1. The van der Waals surface area contributed by atoms with Gasteiger partial charge >= 0.3 is 5.97 Å². The Bertz CT molecular complexity index is 956. The number of nitrogens with zero attached hydrogens (tertiary/aromatic N) is 2. The number of carboxylic acids is 1. The summed E-state index contributed by atoms with van der Waals surface area (Å²) in [5.41, 5.74) is 1.05. The number of halogens is 1. The highest BCUT2D eigenvalue weighted by Gasteiger charge is 2.11. The summed E-state index contributed by atoms with van der Waals surface area (Å²) in [6.07, 6.45) is 0. The molecule has 0 aliphatic rings. The van der Waals surface area contributed by atoms with E-state index in [0.29, 0.717) is 16.9 Å². The fourth-order valence-electron chi connectivity index (χ4n) is 2.05. The Labute approximate surface area is 134 Å². The van der Waals surface area contributed by atoms with Crippen LogP contribution in [0.2, 0.25) is 0 Å². The van der Waals surface area contributed by atoms with Crippen LogP contribution in [0.5, 0.6) is 0 Å². The number of hydrogen-bond donors (Lipinski definition) is 3. The molecule has 0 fully saturated rings. The van der Waals surface area contributed by atoms with E-state index in [4.69, 9.17) is 5.11 Å². The van der Waals surface area contributed by atoms with E-state index in [0.717, 1.165) is 0 Å². The van der Waals surface area contributed by atoms with Crippen LogP contribution in [0, 0.1) is 5.82 Å². The maximum Gasteiger partial charge on any atom is 0.335 e. The molecule has 24 heavy (non-hydrogen) atoms. The molecule has 2 aromatic carbocycles. The van der Waals surface area contributed by atoms with E-state index in [1.165, 1.54) is 48.5 Å². The first kappa shape index (κ1) is 15.3. The van der Waals surface area contributed by atoms with Gasteiger partial charge < -0.3 is 5.11 Å². The zero-order valence-corrected chi connectivity index (χ0v) is 12.2. The van der Waals surface area contributed by atoms with Crippen molar-refractivity contribution in [2.45, 2.75) is 0 Å². The summed E-state index contributed by atoms with van der Waals surface area (Å²) in [5.74, 6) is -1.43. The van der Waals surface area contributed by atoms with E-state index in [1.54, 1.807) is 0 Å². The van der Waals surface area contributed by atoms with Crippen LogP contribution in [0.25, 0.3) is 11.3 Å². The molecule has 3 N–H and O–H groups in total. The second-order valence-corrected chi connectivity index (χ2v) is 4.86. The lowest BCUT2D eigenvalue weighted by atomic mass is 10.1. The number of azo groups is 1. The summed E-state index contributed by atoms with van der Waals surface area (Å²) < 4.78 is 13.0. The molecule has 1 heterocycles. The van der Waals surface area contributed by atoms with Gasteiger partial charge in [-0.25, -0.2) is 9.18 Å². The van der Waals surface area contributed by atoms with E-state index < -0.39 is 17.3 Å². The first-order valence-corrected chi connectivity index (χ1v) is 6.86. The highest BCUT2D eigenvalue weighted by molar-refractivity contribution is 5.87. The van der Waals surface area contributed by atoms with Crippen molar-refractivity contribution in [3.8, 4) is 11.3 Å². The molecule has 0 spiro atoms. The molecular weight excluding hydrogens is 315 g/mol. The summed E-state index contributed by atoms with van der Waals surface area (Å²) in [6, 6.07) is 11.3. The molecule has 0 saturated heterocycles. The van der Waals surface area contributed by atoms with Crippen molar-refractivity contribution in [2.24, 2.45) is 10.2 Å². The lowest BCUT2D eigenvalue weighted by molar-refractivity contribution is 0.0697. The van der Waals surface area contributed by atoms with Gasteiger partial charge in [0.25, 0.3) is 5.56 Å². The molecule has 7 nitrogen and oxygen atoms in total. The number of hydrogen-bond acceptors (Lipinski definition) is 4. The standard InChI is InChI=1S/C16H11FN4O3/c17-11-5-1-9(2-6-11)13-14(15(22)21-19-13)20-18-12-7-3-10(4-8-12)16(23)24/h1-8H,(H,23,24)(H2,19,21,22). The normalized spacial score (nSPS) is 11.0. The largest absolute Gasteiger partial charge is 0.478 e. The van der Waals surface area contributed by atoms with Gasteiger partial charge in [-0.05, 0) is 48.5 Å². The van der Waals surface area contributed by atoms with Gasteiger partial charge in [0.05, 0.1) is 16.9 Å². The topological polar surface area (TPSA) is 111 Å². The van der Waals surface area contributed by atoms with Gasteiger partial charge in [0.1, 0.15) is 5.82 Å². The van der Waals surface area contributed by atoms with Gasteiger partial charge in [-0.2, -0.15) is 5.11 Å². The van der Waals surface area contributed by atoms with Crippen LogP contribution in [0.3, 0.4) is 0 Å². The molecule has 0 aliphatic heterocycles. The van der Waals surface area contributed by atoms with Crippen molar-refractivity contribution < 1.29 is 14.3 Å². The number of aromatic amines is 2. The summed E-state index contributed by atoms with van der Waals surface area (Å²) in [6.45, 7) is 0. The Balaban J connectivity index is 1.92. The minimum absolute atomic E-state index is 0.0453. The number of H-pyrrole nitrogens is 2.